The maximum Gasteiger partial charge on any atom is 0.222 e. The summed E-state index contributed by atoms with van der Waals surface area (Å²) in [4.78, 5) is 35.0. The van der Waals surface area contributed by atoms with Gasteiger partial charge in [-0.05, 0) is 37.0 Å². The first kappa shape index (κ1) is 20.1. The van der Waals surface area contributed by atoms with Crippen molar-refractivity contribution in [2.45, 2.75) is 38.6 Å². The predicted molar refractivity (Wildman–Crippen MR) is 115 cm³/mol. The van der Waals surface area contributed by atoms with Crippen molar-refractivity contribution in [1.82, 2.24) is 19.4 Å². The first-order valence-electron chi connectivity index (χ1n) is 10.5. The van der Waals surface area contributed by atoms with Gasteiger partial charge in [-0.2, -0.15) is 0 Å². The first-order valence-corrected chi connectivity index (χ1v) is 10.5. The molecular formula is C23H27N5O2. The number of aromatic nitrogens is 3. The Kier molecular flexibility index (Phi) is 6.07. The monoisotopic (exact) mass is 405 g/mol. The summed E-state index contributed by atoms with van der Waals surface area (Å²) in [5, 5.41) is 0. The van der Waals surface area contributed by atoms with Crippen molar-refractivity contribution in [1.29, 1.82) is 0 Å². The molecule has 2 amide bonds. The molecule has 0 unspecified atom stereocenters. The Morgan fingerprint density at radius 1 is 1.07 bits per heavy atom. The number of hydrogen-bond donors (Lipinski definition) is 1. The maximum atomic E-state index is 12.6. The van der Waals surface area contributed by atoms with Gasteiger partial charge in [-0.15, -0.1) is 0 Å². The molecule has 7 heteroatoms. The standard InChI is InChI=1S/C23H27N5O2/c24-22(30)18-11-14-27(15-12-18)21(29)10-4-9-20-26-19-8-5-13-25-23(19)28(20)16-17-6-2-1-3-7-17/h1-3,5-8,13,18H,4,9-12,14-16H2,(H2,24,30). The van der Waals surface area contributed by atoms with Gasteiger partial charge in [-0.3, -0.25) is 9.59 Å². The number of hydrogen-bond acceptors (Lipinski definition) is 4. The summed E-state index contributed by atoms with van der Waals surface area (Å²) in [5.74, 6) is 0.738. The molecule has 3 aromatic rings. The summed E-state index contributed by atoms with van der Waals surface area (Å²) in [6.45, 7) is 1.93. The molecule has 1 aliphatic heterocycles. The number of pyridine rings is 1. The van der Waals surface area contributed by atoms with Crippen LogP contribution in [0.5, 0.6) is 0 Å². The Balaban J connectivity index is 1.40. The molecule has 4 rings (SSSR count). The maximum absolute atomic E-state index is 12.6. The van der Waals surface area contributed by atoms with E-state index in [2.05, 4.69) is 21.7 Å². The average molecular weight is 406 g/mol. The van der Waals surface area contributed by atoms with Crippen molar-refractivity contribution < 1.29 is 9.59 Å². The summed E-state index contributed by atoms with van der Waals surface area (Å²) in [6.07, 6.45) is 5.04. The highest BCUT2D eigenvalue weighted by atomic mass is 16.2. The molecule has 1 fully saturated rings. The van der Waals surface area contributed by atoms with E-state index in [9.17, 15) is 9.59 Å². The zero-order valence-corrected chi connectivity index (χ0v) is 17.0. The van der Waals surface area contributed by atoms with E-state index in [0.717, 1.165) is 23.4 Å². The molecule has 0 spiro atoms. The summed E-state index contributed by atoms with van der Waals surface area (Å²) in [6, 6.07) is 14.1. The number of rotatable bonds is 7. The van der Waals surface area contributed by atoms with Crippen LogP contribution >= 0.6 is 0 Å². The van der Waals surface area contributed by atoms with Crippen LogP contribution < -0.4 is 5.73 Å². The van der Waals surface area contributed by atoms with E-state index in [0.29, 0.717) is 45.3 Å². The molecule has 0 aliphatic carbocycles. The van der Waals surface area contributed by atoms with Crippen LogP contribution in [-0.2, 0) is 22.6 Å². The van der Waals surface area contributed by atoms with Crippen molar-refractivity contribution in [3.8, 4) is 0 Å². The summed E-state index contributed by atoms with van der Waals surface area (Å²) >= 11 is 0. The molecular weight excluding hydrogens is 378 g/mol. The molecule has 156 valence electrons. The van der Waals surface area contributed by atoms with Gasteiger partial charge in [0.1, 0.15) is 11.3 Å². The number of nitrogens with two attached hydrogens (primary N) is 1. The van der Waals surface area contributed by atoms with Crippen LogP contribution in [0.25, 0.3) is 11.2 Å². The van der Waals surface area contributed by atoms with Gasteiger partial charge >= 0.3 is 0 Å². The predicted octanol–water partition coefficient (Wildman–Crippen LogP) is 2.53. The van der Waals surface area contributed by atoms with Gasteiger partial charge in [0.2, 0.25) is 11.8 Å². The Labute approximate surface area is 175 Å². The number of likely N-dealkylation sites (tertiary alicyclic amines) is 1. The minimum Gasteiger partial charge on any atom is -0.369 e. The molecule has 3 heterocycles. The number of aryl methyl sites for hydroxylation is 1. The van der Waals surface area contributed by atoms with Crippen LogP contribution in [0, 0.1) is 5.92 Å². The van der Waals surface area contributed by atoms with Crippen LogP contribution in [0.3, 0.4) is 0 Å². The number of amides is 2. The minimum absolute atomic E-state index is 0.0977. The molecule has 30 heavy (non-hydrogen) atoms. The van der Waals surface area contributed by atoms with Crippen LogP contribution in [0.15, 0.2) is 48.7 Å². The third kappa shape index (κ3) is 4.50. The van der Waals surface area contributed by atoms with E-state index < -0.39 is 0 Å². The van der Waals surface area contributed by atoms with Crippen LogP contribution in [0.2, 0.25) is 0 Å². The molecule has 0 radical (unpaired) electrons. The van der Waals surface area contributed by atoms with E-state index in [1.165, 1.54) is 5.56 Å². The Bertz CT molecular complexity index is 1020. The second-order valence-electron chi connectivity index (χ2n) is 7.86. The second kappa shape index (κ2) is 9.07. The Hall–Kier alpha value is -3.22. The minimum atomic E-state index is -0.256. The van der Waals surface area contributed by atoms with Crippen molar-refractivity contribution in [3.63, 3.8) is 0 Å². The number of benzene rings is 1. The van der Waals surface area contributed by atoms with Gasteiger partial charge in [-0.25, -0.2) is 9.97 Å². The van der Waals surface area contributed by atoms with Gasteiger partial charge in [0.05, 0.1) is 6.54 Å². The highest BCUT2D eigenvalue weighted by Crippen LogP contribution is 2.20. The summed E-state index contributed by atoms with van der Waals surface area (Å²) < 4.78 is 2.15. The van der Waals surface area contributed by atoms with Gasteiger partial charge in [0.15, 0.2) is 5.65 Å². The number of nitrogens with zero attached hydrogens (tertiary/aromatic N) is 4. The van der Waals surface area contributed by atoms with Gasteiger partial charge in [-0.1, -0.05) is 30.3 Å². The Morgan fingerprint density at radius 2 is 1.83 bits per heavy atom. The fourth-order valence-electron chi connectivity index (χ4n) is 4.10. The third-order valence-corrected chi connectivity index (χ3v) is 5.81. The van der Waals surface area contributed by atoms with Gasteiger partial charge in [0.25, 0.3) is 0 Å². The molecule has 1 saturated heterocycles. The fraction of sp³-hybridized carbons (Fsp3) is 0.391. The number of fused-ring (bicyclic) bond motifs is 1. The zero-order valence-electron chi connectivity index (χ0n) is 17.0. The number of imidazole rings is 1. The van der Waals surface area contributed by atoms with Crippen molar-refractivity contribution in [3.05, 3.63) is 60.0 Å². The van der Waals surface area contributed by atoms with Gasteiger partial charge < -0.3 is 15.2 Å². The molecule has 2 N–H and O–H groups in total. The smallest absolute Gasteiger partial charge is 0.222 e. The van der Waals surface area contributed by atoms with E-state index in [-0.39, 0.29) is 17.7 Å². The molecule has 1 aromatic carbocycles. The average Bonchev–Trinajstić information content (AvgIpc) is 3.12. The van der Waals surface area contributed by atoms with E-state index in [4.69, 9.17) is 10.7 Å². The second-order valence-corrected chi connectivity index (χ2v) is 7.86. The number of carbonyl (C=O) groups is 2. The zero-order chi connectivity index (χ0) is 20.9. The number of primary amides is 1. The lowest BCUT2D eigenvalue weighted by molar-refractivity contribution is -0.134. The van der Waals surface area contributed by atoms with Crippen LogP contribution in [-0.4, -0.2) is 44.3 Å². The van der Waals surface area contributed by atoms with E-state index in [1.807, 2.05) is 35.2 Å². The molecule has 1 aliphatic rings. The lowest BCUT2D eigenvalue weighted by Gasteiger charge is -2.30. The highest BCUT2D eigenvalue weighted by Gasteiger charge is 2.25. The van der Waals surface area contributed by atoms with E-state index >= 15 is 0 Å². The highest BCUT2D eigenvalue weighted by molar-refractivity contribution is 5.79. The van der Waals surface area contributed by atoms with Crippen molar-refractivity contribution in [2.75, 3.05) is 13.1 Å². The van der Waals surface area contributed by atoms with Crippen LogP contribution in [0.4, 0.5) is 0 Å². The lowest BCUT2D eigenvalue weighted by atomic mass is 9.96. The fourth-order valence-corrected chi connectivity index (χ4v) is 4.10. The van der Waals surface area contributed by atoms with E-state index in [1.54, 1.807) is 6.20 Å². The van der Waals surface area contributed by atoms with Gasteiger partial charge in [0, 0.05) is 38.0 Å². The topological polar surface area (TPSA) is 94.1 Å². The number of carbonyl (C=O) groups excluding carboxylic acids is 2. The summed E-state index contributed by atoms with van der Waals surface area (Å²) in [7, 11) is 0. The Morgan fingerprint density at radius 3 is 2.57 bits per heavy atom. The largest absolute Gasteiger partial charge is 0.369 e. The molecule has 2 aromatic heterocycles. The van der Waals surface area contributed by atoms with Crippen molar-refractivity contribution >= 4 is 23.0 Å². The molecule has 7 nitrogen and oxygen atoms in total. The quantitative estimate of drug-likeness (QED) is 0.653. The summed E-state index contributed by atoms with van der Waals surface area (Å²) in [5.41, 5.74) is 8.32. The van der Waals surface area contributed by atoms with Crippen molar-refractivity contribution in [2.24, 2.45) is 11.7 Å². The molecule has 0 bridgehead atoms. The third-order valence-electron chi connectivity index (χ3n) is 5.81. The molecule has 0 atom stereocenters. The lowest BCUT2D eigenvalue weighted by Crippen LogP contribution is -2.41. The number of piperidine rings is 1. The van der Waals surface area contributed by atoms with Crippen LogP contribution in [0.1, 0.15) is 37.1 Å². The SMILES string of the molecule is NC(=O)C1CCN(C(=O)CCCc2nc3cccnc3n2Cc2ccccc2)CC1. The molecule has 0 saturated carbocycles. The first-order chi connectivity index (χ1) is 14.6. The normalized spacial score (nSPS) is 14.9.